The maximum atomic E-state index is 12.4. The largest absolute Gasteiger partial charge is 0.473 e. The molecule has 0 bridgehead atoms. The minimum absolute atomic E-state index is 0.0838. The van der Waals surface area contributed by atoms with Gasteiger partial charge in [0.2, 0.25) is 18.5 Å². The third-order valence-corrected chi connectivity index (χ3v) is 6.41. The van der Waals surface area contributed by atoms with Crippen molar-refractivity contribution < 1.29 is 14.1 Å². The number of hydrogen-bond donors (Lipinski definition) is 0. The molecular formula is C30H47N2O2+. The van der Waals surface area contributed by atoms with E-state index in [0.717, 1.165) is 12.0 Å². The molecule has 0 saturated carbocycles. The van der Waals surface area contributed by atoms with Gasteiger partial charge in [0.05, 0.1) is 12.8 Å². The number of benzene rings is 1. The number of ketones is 1. The van der Waals surface area contributed by atoms with Crippen LogP contribution in [0.3, 0.4) is 0 Å². The summed E-state index contributed by atoms with van der Waals surface area (Å²) in [5.41, 5.74) is 0.724. The smallest absolute Gasteiger partial charge is 0.279 e. The molecule has 2 rings (SSSR count). The zero-order valence-electron chi connectivity index (χ0n) is 21.6. The number of aromatic nitrogens is 2. The number of ether oxygens (including phenoxy) is 1. The predicted molar refractivity (Wildman–Crippen MR) is 140 cm³/mol. The van der Waals surface area contributed by atoms with Crippen LogP contribution in [0.5, 0.6) is 5.88 Å². The molecule has 0 unspecified atom stereocenters. The predicted octanol–water partition coefficient (Wildman–Crippen LogP) is 7.89. The molecule has 0 atom stereocenters. The molecule has 4 nitrogen and oxygen atoms in total. The summed E-state index contributed by atoms with van der Waals surface area (Å²) >= 11 is 0. The van der Waals surface area contributed by atoms with E-state index in [1.807, 2.05) is 47.3 Å². The van der Waals surface area contributed by atoms with Crippen LogP contribution in [0, 0.1) is 0 Å². The van der Waals surface area contributed by atoms with E-state index in [4.69, 9.17) is 4.74 Å². The number of nitrogens with zero attached hydrogens (tertiary/aromatic N) is 2. The molecule has 1 aromatic carbocycles. The lowest BCUT2D eigenvalue weighted by Gasteiger charge is -2.05. The first-order valence-corrected chi connectivity index (χ1v) is 13.9. The maximum Gasteiger partial charge on any atom is 0.279 e. The number of carbonyl (C=O) groups is 1. The van der Waals surface area contributed by atoms with Crippen molar-refractivity contribution in [2.75, 3.05) is 6.61 Å². The van der Waals surface area contributed by atoms with E-state index in [-0.39, 0.29) is 5.78 Å². The van der Waals surface area contributed by atoms with E-state index in [2.05, 4.69) is 11.9 Å². The van der Waals surface area contributed by atoms with Crippen molar-refractivity contribution in [3.05, 3.63) is 54.5 Å². The Labute approximate surface area is 208 Å². The highest BCUT2D eigenvalue weighted by atomic mass is 16.5. The molecule has 0 spiro atoms. The van der Waals surface area contributed by atoms with Gasteiger partial charge in [-0.25, -0.2) is 4.98 Å². The first-order chi connectivity index (χ1) is 16.8. The van der Waals surface area contributed by atoms with Gasteiger partial charge >= 0.3 is 0 Å². The number of Topliss-reactive ketones (excluding diaryl/α,β-unsaturated/α-hetero) is 1. The van der Waals surface area contributed by atoms with Gasteiger partial charge in [-0.2, -0.15) is 4.57 Å². The van der Waals surface area contributed by atoms with Gasteiger partial charge in [0.1, 0.15) is 0 Å². The van der Waals surface area contributed by atoms with Gasteiger partial charge in [-0.15, -0.1) is 0 Å². The highest BCUT2D eigenvalue weighted by molar-refractivity contribution is 5.94. The molecule has 0 saturated heterocycles. The van der Waals surface area contributed by atoms with Crippen LogP contribution in [-0.4, -0.2) is 17.4 Å². The van der Waals surface area contributed by atoms with E-state index in [0.29, 0.717) is 19.0 Å². The second-order valence-corrected chi connectivity index (χ2v) is 9.51. The number of unbranched alkanes of at least 4 members (excludes halogenated alkanes) is 15. The minimum Gasteiger partial charge on any atom is -0.473 e. The Morgan fingerprint density at radius 3 is 1.85 bits per heavy atom. The van der Waals surface area contributed by atoms with Crippen LogP contribution in [0.25, 0.3) is 0 Å². The molecule has 0 aliphatic heterocycles. The molecule has 2 aromatic rings. The quantitative estimate of drug-likeness (QED) is 0.106. The summed E-state index contributed by atoms with van der Waals surface area (Å²) in [6.07, 6.45) is 27.2. The average molecular weight is 468 g/mol. The molecular weight excluding hydrogens is 420 g/mol. The van der Waals surface area contributed by atoms with E-state index in [9.17, 15) is 4.79 Å². The first kappa shape index (κ1) is 28.0. The molecule has 1 aromatic heterocycles. The van der Waals surface area contributed by atoms with Crippen molar-refractivity contribution in [2.24, 2.45) is 0 Å². The van der Waals surface area contributed by atoms with Crippen LogP contribution >= 0.6 is 0 Å². The lowest BCUT2D eigenvalue weighted by Crippen LogP contribution is -2.37. The molecule has 1 heterocycles. The maximum absolute atomic E-state index is 12.4. The van der Waals surface area contributed by atoms with Crippen LogP contribution in [0.1, 0.15) is 120 Å². The fourth-order valence-corrected chi connectivity index (χ4v) is 4.29. The number of carbonyl (C=O) groups excluding carboxylic acids is 1. The van der Waals surface area contributed by atoms with Gasteiger partial charge in [-0.05, 0) is 6.42 Å². The van der Waals surface area contributed by atoms with Gasteiger partial charge in [0.25, 0.3) is 5.88 Å². The topological polar surface area (TPSA) is 43.1 Å². The van der Waals surface area contributed by atoms with Crippen molar-refractivity contribution in [1.29, 1.82) is 0 Å². The summed E-state index contributed by atoms with van der Waals surface area (Å²) in [6, 6.07) is 9.38. The fourth-order valence-electron chi connectivity index (χ4n) is 4.29. The molecule has 0 fully saturated rings. The summed E-state index contributed by atoms with van der Waals surface area (Å²) < 4.78 is 7.65. The molecule has 0 amide bonds. The van der Waals surface area contributed by atoms with Gasteiger partial charge in [0, 0.05) is 5.56 Å². The summed E-state index contributed by atoms with van der Waals surface area (Å²) in [5.74, 6) is 0.671. The van der Waals surface area contributed by atoms with E-state index < -0.39 is 0 Å². The normalized spacial score (nSPS) is 11.0. The lowest BCUT2D eigenvalue weighted by atomic mass is 10.0. The summed E-state index contributed by atoms with van der Waals surface area (Å²) in [7, 11) is 0. The summed E-state index contributed by atoms with van der Waals surface area (Å²) in [6.45, 7) is 3.26. The standard InChI is InChI=1S/C30H47N2O2/c1-2-3-4-5-6-7-8-9-10-11-12-13-14-15-16-20-25-34-30-27-32(24-23-31-30)26-29(33)28-21-18-17-19-22-28/h17-19,21-24,27H,2-16,20,25-26H2,1H3/q+1. The second-order valence-electron chi connectivity index (χ2n) is 9.51. The number of hydrogen-bond acceptors (Lipinski definition) is 3. The molecule has 0 radical (unpaired) electrons. The highest BCUT2D eigenvalue weighted by Gasteiger charge is 2.13. The van der Waals surface area contributed by atoms with Crippen LogP contribution in [0.15, 0.2) is 48.9 Å². The van der Waals surface area contributed by atoms with Crippen LogP contribution < -0.4 is 9.30 Å². The summed E-state index contributed by atoms with van der Waals surface area (Å²) in [4.78, 5) is 16.6. The van der Waals surface area contributed by atoms with Crippen molar-refractivity contribution in [2.45, 2.75) is 116 Å². The van der Waals surface area contributed by atoms with Gasteiger partial charge in [-0.3, -0.25) is 4.79 Å². The Hall–Kier alpha value is -2.23. The fraction of sp³-hybridized carbons (Fsp3) is 0.633. The Balaban J connectivity index is 1.41. The molecule has 0 N–H and O–H groups in total. The first-order valence-electron chi connectivity index (χ1n) is 13.9. The monoisotopic (exact) mass is 467 g/mol. The number of rotatable bonds is 21. The van der Waals surface area contributed by atoms with Crippen molar-refractivity contribution >= 4 is 5.78 Å². The molecule has 4 heteroatoms. The Morgan fingerprint density at radius 1 is 0.765 bits per heavy atom. The Bertz CT molecular complexity index is 763. The van der Waals surface area contributed by atoms with E-state index in [1.165, 1.54) is 96.3 Å². The third kappa shape index (κ3) is 13.5. The van der Waals surface area contributed by atoms with Crippen molar-refractivity contribution in [1.82, 2.24) is 4.98 Å². The minimum atomic E-state index is 0.0838. The second kappa shape index (κ2) is 19.1. The average Bonchev–Trinajstić information content (AvgIpc) is 2.86. The van der Waals surface area contributed by atoms with Crippen LogP contribution in [-0.2, 0) is 6.54 Å². The highest BCUT2D eigenvalue weighted by Crippen LogP contribution is 2.14. The lowest BCUT2D eigenvalue weighted by molar-refractivity contribution is -0.684. The van der Waals surface area contributed by atoms with Gasteiger partial charge < -0.3 is 4.74 Å². The van der Waals surface area contributed by atoms with E-state index in [1.54, 1.807) is 6.20 Å². The molecule has 188 valence electrons. The molecule has 34 heavy (non-hydrogen) atoms. The SMILES string of the molecule is CCCCCCCCCCCCCCCCCCOc1c[n+](CC(=O)c2ccccc2)ccn1. The molecule has 0 aliphatic rings. The zero-order valence-corrected chi connectivity index (χ0v) is 21.6. The van der Waals surface area contributed by atoms with Crippen molar-refractivity contribution in [3.63, 3.8) is 0 Å². The third-order valence-electron chi connectivity index (χ3n) is 6.41. The van der Waals surface area contributed by atoms with Crippen LogP contribution in [0.4, 0.5) is 0 Å². The van der Waals surface area contributed by atoms with E-state index >= 15 is 0 Å². The Kier molecular flexibility index (Phi) is 15.7. The summed E-state index contributed by atoms with van der Waals surface area (Å²) in [5, 5.41) is 0. The van der Waals surface area contributed by atoms with Gasteiger partial charge in [-0.1, -0.05) is 134 Å². The van der Waals surface area contributed by atoms with Gasteiger partial charge in [0.15, 0.2) is 6.20 Å². The van der Waals surface area contributed by atoms with Crippen LogP contribution in [0.2, 0.25) is 0 Å². The Morgan fingerprint density at radius 2 is 1.29 bits per heavy atom. The molecule has 0 aliphatic carbocycles. The zero-order chi connectivity index (χ0) is 24.1. The van der Waals surface area contributed by atoms with Crippen molar-refractivity contribution in [3.8, 4) is 5.88 Å².